The second kappa shape index (κ2) is 14.4. The molecule has 37 heavy (non-hydrogen) atoms. The Kier molecular flexibility index (Phi) is 13.2. The van der Waals surface area contributed by atoms with Crippen LogP contribution in [-0.4, -0.2) is 136 Å². The van der Waals surface area contributed by atoms with E-state index >= 15 is 0 Å². The first-order chi connectivity index (χ1) is 16.7. The van der Waals surface area contributed by atoms with Crippen molar-refractivity contribution in [3.05, 3.63) is 34.6 Å². The maximum absolute atomic E-state index is 10.5. The molecule has 0 aromatic carbocycles. The molecule has 0 aromatic heterocycles. The Labute approximate surface area is 216 Å². The molecule has 19 heteroatoms. The fraction of sp³-hybridized carbons (Fsp3) is 0.500. The molecule has 3 rings (SSSR count). The molecule has 0 unspecified atom stereocenters. The van der Waals surface area contributed by atoms with Gasteiger partial charge in [0.15, 0.2) is 35.6 Å². The van der Waals surface area contributed by atoms with Crippen molar-refractivity contribution in [2.75, 3.05) is 19.8 Å². The Morgan fingerprint density at radius 2 is 0.703 bits per heavy atom. The van der Waals surface area contributed by atoms with Gasteiger partial charge in [0.1, 0.15) is 18.3 Å². The number of aliphatic hydroxyl groups excluding tert-OH is 12. The molecule has 0 saturated carbocycles. The largest absolute Gasteiger partial charge is 0.505 e. The molecule has 0 saturated heterocycles. The molecule has 0 bridgehead atoms. The standard InChI is InChI=1S/3C6H8O6.Fe/c3*7-1-2(8)5-3(9)4(10)6(11)12-5;/h3*2,5,7-10H,1H2;/t3*2-,5+;/m111./s1. The topological polar surface area (TPSA) is 322 Å². The molecule has 3 aliphatic rings. The van der Waals surface area contributed by atoms with Gasteiger partial charge >= 0.3 is 17.9 Å². The van der Waals surface area contributed by atoms with Crippen LogP contribution >= 0.6 is 0 Å². The van der Waals surface area contributed by atoms with E-state index in [0.29, 0.717) is 0 Å². The monoisotopic (exact) mass is 584 g/mol. The van der Waals surface area contributed by atoms with E-state index in [0.717, 1.165) is 0 Å². The average Bonchev–Trinajstić information content (AvgIpc) is 3.40. The van der Waals surface area contributed by atoms with Gasteiger partial charge in [0.25, 0.3) is 0 Å². The van der Waals surface area contributed by atoms with Crippen LogP contribution in [0.1, 0.15) is 0 Å². The fourth-order valence-corrected chi connectivity index (χ4v) is 2.47. The van der Waals surface area contributed by atoms with Gasteiger partial charge in [-0.05, 0) is 0 Å². The molecule has 212 valence electrons. The minimum Gasteiger partial charge on any atom is -0.505 e. The van der Waals surface area contributed by atoms with Gasteiger partial charge in [0.05, 0.1) is 19.8 Å². The van der Waals surface area contributed by atoms with Crippen LogP contribution in [0.4, 0.5) is 0 Å². The molecule has 0 spiro atoms. The molecule has 0 aromatic rings. The zero-order valence-corrected chi connectivity index (χ0v) is 19.4. The van der Waals surface area contributed by atoms with E-state index in [2.05, 4.69) is 14.2 Å². The van der Waals surface area contributed by atoms with Gasteiger partial charge in [0, 0.05) is 17.1 Å². The molecular weight excluding hydrogens is 560 g/mol. The summed E-state index contributed by atoms with van der Waals surface area (Å²) in [5.74, 6) is -8.34. The van der Waals surface area contributed by atoms with Crippen molar-refractivity contribution >= 4 is 17.9 Å². The maximum atomic E-state index is 10.5. The third-order valence-electron chi connectivity index (χ3n) is 4.43. The van der Waals surface area contributed by atoms with Crippen molar-refractivity contribution in [2.45, 2.75) is 36.6 Å². The second-order valence-corrected chi connectivity index (χ2v) is 6.93. The predicted molar refractivity (Wildman–Crippen MR) is 106 cm³/mol. The summed E-state index contributed by atoms with van der Waals surface area (Å²) in [6, 6.07) is 0. The van der Waals surface area contributed by atoms with Crippen molar-refractivity contribution in [1.29, 1.82) is 0 Å². The number of cyclic esters (lactones) is 3. The molecule has 0 radical (unpaired) electrons. The predicted octanol–water partition coefficient (Wildman–Crippen LogP) is -4.22. The average molecular weight is 584 g/mol. The van der Waals surface area contributed by atoms with Crippen molar-refractivity contribution < 1.29 is 107 Å². The van der Waals surface area contributed by atoms with Gasteiger partial charge in [-0.1, -0.05) is 0 Å². The zero-order valence-electron chi connectivity index (χ0n) is 18.3. The minimum absolute atomic E-state index is 0. The Balaban J connectivity index is 0.000000518. The van der Waals surface area contributed by atoms with Crippen LogP contribution in [0.2, 0.25) is 0 Å². The molecule has 0 aliphatic carbocycles. The van der Waals surface area contributed by atoms with E-state index in [1.165, 1.54) is 0 Å². The third kappa shape index (κ3) is 7.84. The van der Waals surface area contributed by atoms with Crippen molar-refractivity contribution in [3.63, 3.8) is 0 Å². The van der Waals surface area contributed by atoms with Gasteiger partial charge in [-0.3, -0.25) is 0 Å². The Morgan fingerprint density at radius 1 is 0.514 bits per heavy atom. The van der Waals surface area contributed by atoms with Crippen molar-refractivity contribution in [1.82, 2.24) is 0 Å². The van der Waals surface area contributed by atoms with Crippen LogP contribution in [-0.2, 0) is 45.7 Å². The van der Waals surface area contributed by atoms with Crippen LogP contribution in [0.5, 0.6) is 0 Å². The summed E-state index contributed by atoms with van der Waals surface area (Å²) in [5.41, 5.74) is 0. The summed E-state index contributed by atoms with van der Waals surface area (Å²) < 4.78 is 12.9. The van der Waals surface area contributed by atoms with Crippen LogP contribution in [0.25, 0.3) is 0 Å². The second-order valence-electron chi connectivity index (χ2n) is 6.93. The van der Waals surface area contributed by atoms with Crippen molar-refractivity contribution in [3.8, 4) is 0 Å². The molecular formula is C18H24FeO18. The molecule has 12 N–H and O–H groups in total. The fourth-order valence-electron chi connectivity index (χ4n) is 2.47. The molecule has 18 nitrogen and oxygen atoms in total. The van der Waals surface area contributed by atoms with Gasteiger partial charge < -0.3 is 75.5 Å². The SMILES string of the molecule is O=C1O[C@@H]([C@H](O)CO)C(O)=C1O.O=C1O[C@@H]([C@H](O)CO)C(O)=C1O.O=C1O[C@@H]([C@H](O)CO)C(O)=C1O.[Fe]. The number of hydrogen-bond donors (Lipinski definition) is 12. The number of aliphatic hydroxyl groups is 12. The Bertz CT molecular complexity index is 822. The van der Waals surface area contributed by atoms with E-state index in [1.54, 1.807) is 0 Å². The van der Waals surface area contributed by atoms with Crippen LogP contribution in [0.15, 0.2) is 34.6 Å². The summed E-state index contributed by atoms with van der Waals surface area (Å²) in [5, 5.41) is 105. The first kappa shape index (κ1) is 33.7. The first-order valence-electron chi connectivity index (χ1n) is 9.59. The summed E-state index contributed by atoms with van der Waals surface area (Å²) in [6.45, 7) is -2.01. The van der Waals surface area contributed by atoms with E-state index in [4.69, 9.17) is 61.3 Å². The molecule has 0 amide bonds. The summed E-state index contributed by atoms with van der Waals surface area (Å²) >= 11 is 0. The normalized spacial score (nSPS) is 25.1. The van der Waals surface area contributed by atoms with E-state index in [9.17, 15) is 14.4 Å². The molecule has 3 heterocycles. The number of carbonyl (C=O) groups excluding carboxylic acids is 3. The zero-order chi connectivity index (χ0) is 27.9. The van der Waals surface area contributed by atoms with Gasteiger partial charge in [-0.25, -0.2) is 14.4 Å². The van der Waals surface area contributed by atoms with Crippen molar-refractivity contribution in [2.24, 2.45) is 0 Å². The molecule has 6 atom stereocenters. The quantitative estimate of drug-likeness (QED) is 0.0799. The number of esters is 3. The number of rotatable bonds is 6. The number of ether oxygens (including phenoxy) is 3. The third-order valence-corrected chi connectivity index (χ3v) is 4.43. The smallest absolute Gasteiger partial charge is 0.377 e. The van der Waals surface area contributed by atoms with E-state index < -0.39 is 109 Å². The molecule has 3 aliphatic heterocycles. The van der Waals surface area contributed by atoms with Gasteiger partial charge in [-0.15, -0.1) is 0 Å². The number of carbonyl (C=O) groups is 3. The Morgan fingerprint density at radius 3 is 0.811 bits per heavy atom. The van der Waals surface area contributed by atoms with Crippen LogP contribution < -0.4 is 0 Å². The summed E-state index contributed by atoms with van der Waals surface area (Å²) in [7, 11) is 0. The van der Waals surface area contributed by atoms with Crippen LogP contribution in [0, 0.1) is 0 Å². The van der Waals surface area contributed by atoms with E-state index in [-0.39, 0.29) is 17.1 Å². The maximum Gasteiger partial charge on any atom is 0.377 e. The van der Waals surface area contributed by atoms with Gasteiger partial charge in [0.2, 0.25) is 17.3 Å². The van der Waals surface area contributed by atoms with Crippen LogP contribution in [0.3, 0.4) is 0 Å². The summed E-state index contributed by atoms with van der Waals surface area (Å²) in [6.07, 6.45) is -8.33. The Hall–Kier alpha value is -3.29. The molecule has 0 fully saturated rings. The van der Waals surface area contributed by atoms with E-state index in [1.807, 2.05) is 0 Å². The first-order valence-corrected chi connectivity index (χ1v) is 9.59. The minimum atomic E-state index is -1.42. The van der Waals surface area contributed by atoms with Gasteiger partial charge in [-0.2, -0.15) is 0 Å². The number of hydrogen-bond acceptors (Lipinski definition) is 18. The summed E-state index contributed by atoms with van der Waals surface area (Å²) in [4.78, 5) is 31.6.